The molecule has 1 fully saturated rings. The molecule has 30 heavy (non-hydrogen) atoms. The first-order chi connectivity index (χ1) is 14.3. The van der Waals surface area contributed by atoms with Gasteiger partial charge >= 0.3 is 0 Å². The van der Waals surface area contributed by atoms with Gasteiger partial charge in [0, 0.05) is 25.0 Å². The van der Waals surface area contributed by atoms with Crippen LogP contribution < -0.4 is 5.32 Å². The average Bonchev–Trinajstić information content (AvgIpc) is 2.73. The van der Waals surface area contributed by atoms with Gasteiger partial charge in [0.15, 0.2) is 0 Å². The number of hydrogen-bond acceptors (Lipinski definition) is 3. The zero-order chi connectivity index (χ0) is 21.6. The summed E-state index contributed by atoms with van der Waals surface area (Å²) < 4.78 is 27.1. The molecule has 1 heterocycles. The fraction of sp³-hybridized carbons (Fsp3) is 0.458. The molecule has 0 aromatic heterocycles. The van der Waals surface area contributed by atoms with Gasteiger partial charge in [0.2, 0.25) is 15.9 Å². The van der Waals surface area contributed by atoms with E-state index in [-0.39, 0.29) is 23.6 Å². The Labute approximate surface area is 180 Å². The molecule has 1 atom stereocenters. The maximum absolute atomic E-state index is 12.8. The largest absolute Gasteiger partial charge is 0.353 e. The molecule has 0 bridgehead atoms. The number of nitrogens with zero attached hydrogens (tertiary/aromatic N) is 1. The highest BCUT2D eigenvalue weighted by molar-refractivity contribution is 7.88. The lowest BCUT2D eigenvalue weighted by Gasteiger charge is -2.31. The van der Waals surface area contributed by atoms with Gasteiger partial charge in [-0.2, -0.15) is 0 Å². The molecule has 0 saturated carbocycles. The molecule has 2 aromatic carbocycles. The number of hydrogen-bond donors (Lipinski definition) is 1. The van der Waals surface area contributed by atoms with Gasteiger partial charge in [-0.05, 0) is 50.7 Å². The Morgan fingerprint density at radius 1 is 1.07 bits per heavy atom. The van der Waals surface area contributed by atoms with E-state index < -0.39 is 10.0 Å². The Hall–Kier alpha value is -2.18. The van der Waals surface area contributed by atoms with Crippen molar-refractivity contribution in [1.82, 2.24) is 9.62 Å². The van der Waals surface area contributed by atoms with Crippen LogP contribution in [0.2, 0.25) is 0 Å². The van der Waals surface area contributed by atoms with Gasteiger partial charge in [-0.1, -0.05) is 60.2 Å². The smallest absolute Gasteiger partial charge is 0.223 e. The van der Waals surface area contributed by atoms with E-state index in [9.17, 15) is 13.2 Å². The van der Waals surface area contributed by atoms with Gasteiger partial charge in [0.25, 0.3) is 0 Å². The fourth-order valence-corrected chi connectivity index (χ4v) is 5.51. The molecule has 1 aliphatic heterocycles. The number of piperidine rings is 1. The van der Waals surface area contributed by atoms with E-state index in [1.807, 2.05) is 56.3 Å². The van der Waals surface area contributed by atoms with Crippen LogP contribution in [-0.2, 0) is 27.0 Å². The van der Waals surface area contributed by atoms with Gasteiger partial charge < -0.3 is 5.32 Å². The number of aryl methyl sites for hydroxylation is 2. The van der Waals surface area contributed by atoms with Gasteiger partial charge in [-0.25, -0.2) is 12.7 Å². The second kappa shape index (κ2) is 10.2. The molecule has 5 nitrogen and oxygen atoms in total. The molecule has 0 radical (unpaired) electrons. The van der Waals surface area contributed by atoms with Crippen molar-refractivity contribution in [3.63, 3.8) is 0 Å². The van der Waals surface area contributed by atoms with Crippen LogP contribution in [0.4, 0.5) is 0 Å². The third kappa shape index (κ3) is 6.41. The van der Waals surface area contributed by atoms with E-state index in [0.717, 1.165) is 24.0 Å². The molecule has 0 aliphatic carbocycles. The molecule has 0 unspecified atom stereocenters. The van der Waals surface area contributed by atoms with Crippen LogP contribution in [0.5, 0.6) is 0 Å². The van der Waals surface area contributed by atoms with Crippen LogP contribution in [-0.4, -0.2) is 37.8 Å². The van der Waals surface area contributed by atoms with Crippen LogP contribution in [0.25, 0.3) is 0 Å². The minimum absolute atomic E-state index is 0.0159. The molecule has 1 N–H and O–H groups in total. The highest BCUT2D eigenvalue weighted by Crippen LogP contribution is 2.22. The molecule has 3 rings (SSSR count). The first kappa shape index (κ1) is 22.5. The third-order valence-corrected chi connectivity index (χ3v) is 7.60. The van der Waals surface area contributed by atoms with Crippen molar-refractivity contribution in [3.05, 3.63) is 71.3 Å². The minimum Gasteiger partial charge on any atom is -0.353 e. The summed E-state index contributed by atoms with van der Waals surface area (Å²) in [4.78, 5) is 12.6. The monoisotopic (exact) mass is 428 g/mol. The van der Waals surface area contributed by atoms with Crippen LogP contribution in [0.1, 0.15) is 42.9 Å². The first-order valence-corrected chi connectivity index (χ1v) is 12.3. The number of rotatable bonds is 8. The maximum Gasteiger partial charge on any atom is 0.223 e. The van der Waals surface area contributed by atoms with Crippen molar-refractivity contribution in [2.45, 2.75) is 51.3 Å². The van der Waals surface area contributed by atoms with Gasteiger partial charge in [-0.3, -0.25) is 4.79 Å². The van der Waals surface area contributed by atoms with Crippen molar-refractivity contribution in [2.24, 2.45) is 5.92 Å². The lowest BCUT2D eigenvalue weighted by molar-refractivity contribution is -0.126. The van der Waals surface area contributed by atoms with Crippen molar-refractivity contribution in [3.8, 4) is 0 Å². The predicted octanol–water partition coefficient (Wildman–Crippen LogP) is 3.67. The van der Waals surface area contributed by atoms with E-state index in [0.29, 0.717) is 25.9 Å². The second-order valence-corrected chi connectivity index (χ2v) is 10.3. The third-order valence-electron chi connectivity index (χ3n) is 5.75. The SMILES string of the molecule is Cc1cccc(CS(=O)(=O)N2CCC(C(=O)N[C@@H](C)CCc3ccccc3)CC2)c1. The molecular formula is C24H32N2O3S. The summed E-state index contributed by atoms with van der Waals surface area (Å²) in [6, 6.07) is 18.0. The maximum atomic E-state index is 12.8. The van der Waals surface area contributed by atoms with E-state index in [1.54, 1.807) is 0 Å². The topological polar surface area (TPSA) is 66.5 Å². The molecule has 1 aliphatic rings. The van der Waals surface area contributed by atoms with Crippen LogP contribution >= 0.6 is 0 Å². The fourth-order valence-electron chi connectivity index (χ4n) is 3.96. The summed E-state index contributed by atoms with van der Waals surface area (Å²) in [6.07, 6.45) is 2.96. The Morgan fingerprint density at radius 2 is 1.73 bits per heavy atom. The van der Waals surface area contributed by atoms with Crippen molar-refractivity contribution in [2.75, 3.05) is 13.1 Å². The van der Waals surface area contributed by atoms with Crippen LogP contribution in [0, 0.1) is 12.8 Å². The van der Waals surface area contributed by atoms with Crippen molar-refractivity contribution >= 4 is 15.9 Å². The van der Waals surface area contributed by atoms with Gasteiger partial charge in [-0.15, -0.1) is 0 Å². The van der Waals surface area contributed by atoms with E-state index in [2.05, 4.69) is 17.4 Å². The van der Waals surface area contributed by atoms with E-state index in [4.69, 9.17) is 0 Å². The molecule has 6 heteroatoms. The molecule has 0 spiro atoms. The second-order valence-electron chi connectivity index (χ2n) is 8.35. The standard InChI is InChI=1S/C24H32N2O3S/c1-19-7-6-10-22(17-19)18-30(28,29)26-15-13-23(14-16-26)24(27)25-20(2)11-12-21-8-4-3-5-9-21/h3-10,17,20,23H,11-16,18H2,1-2H3,(H,25,27)/t20-/m0/s1. The lowest BCUT2D eigenvalue weighted by atomic mass is 9.96. The van der Waals surface area contributed by atoms with Gasteiger partial charge in [0.1, 0.15) is 0 Å². The minimum atomic E-state index is -3.36. The lowest BCUT2D eigenvalue weighted by Crippen LogP contribution is -2.45. The zero-order valence-corrected chi connectivity index (χ0v) is 18.7. The predicted molar refractivity (Wildman–Crippen MR) is 120 cm³/mol. The van der Waals surface area contributed by atoms with Crippen molar-refractivity contribution < 1.29 is 13.2 Å². The zero-order valence-electron chi connectivity index (χ0n) is 17.9. The summed E-state index contributed by atoms with van der Waals surface area (Å²) in [5.74, 6) is -0.0527. The highest BCUT2D eigenvalue weighted by atomic mass is 32.2. The van der Waals surface area contributed by atoms with Crippen LogP contribution in [0.3, 0.4) is 0 Å². The first-order valence-electron chi connectivity index (χ1n) is 10.7. The van der Waals surface area contributed by atoms with E-state index >= 15 is 0 Å². The average molecular weight is 429 g/mol. The number of amides is 1. The highest BCUT2D eigenvalue weighted by Gasteiger charge is 2.31. The summed E-state index contributed by atoms with van der Waals surface area (Å²) in [5.41, 5.74) is 3.13. The number of nitrogens with one attached hydrogen (secondary N) is 1. The summed E-state index contributed by atoms with van der Waals surface area (Å²) in [6.45, 7) is 4.80. The number of carbonyl (C=O) groups excluding carboxylic acids is 1. The van der Waals surface area contributed by atoms with Gasteiger partial charge in [0.05, 0.1) is 5.75 Å². The quantitative estimate of drug-likeness (QED) is 0.698. The molecule has 1 saturated heterocycles. The van der Waals surface area contributed by atoms with Crippen LogP contribution in [0.15, 0.2) is 54.6 Å². The Balaban J connectivity index is 1.45. The molecule has 162 valence electrons. The summed E-state index contributed by atoms with van der Waals surface area (Å²) in [7, 11) is -3.36. The molecule has 2 aromatic rings. The normalized spacial score (nSPS) is 16.9. The summed E-state index contributed by atoms with van der Waals surface area (Å²) >= 11 is 0. The Kier molecular flexibility index (Phi) is 7.67. The number of sulfonamides is 1. The number of benzene rings is 2. The van der Waals surface area contributed by atoms with E-state index in [1.165, 1.54) is 9.87 Å². The molecule has 1 amide bonds. The Bertz CT molecular complexity index is 936. The Morgan fingerprint density at radius 3 is 2.40 bits per heavy atom. The summed E-state index contributed by atoms with van der Waals surface area (Å²) in [5, 5.41) is 3.11. The number of carbonyl (C=O) groups is 1. The van der Waals surface area contributed by atoms with Crippen molar-refractivity contribution in [1.29, 1.82) is 0 Å². The molecular weight excluding hydrogens is 396 g/mol.